The van der Waals surface area contributed by atoms with Crippen molar-refractivity contribution in [3.63, 3.8) is 0 Å². The van der Waals surface area contributed by atoms with Crippen LogP contribution in [0.1, 0.15) is 51.4 Å². The molecule has 4 rings (SSSR count). The first-order valence-corrected chi connectivity index (χ1v) is 11.1. The number of hydrogen-bond acceptors (Lipinski definition) is 3. The van der Waals surface area contributed by atoms with Crippen LogP contribution in [0.3, 0.4) is 0 Å². The maximum absolute atomic E-state index is 13.0. The van der Waals surface area contributed by atoms with E-state index >= 15 is 0 Å². The van der Waals surface area contributed by atoms with Crippen molar-refractivity contribution in [2.24, 2.45) is 5.92 Å². The number of amides is 1. The van der Waals surface area contributed by atoms with Gasteiger partial charge >= 0.3 is 0 Å². The smallest absolute Gasteiger partial charge is 0.225 e. The van der Waals surface area contributed by atoms with Crippen LogP contribution in [0.2, 0.25) is 5.02 Å². The molecule has 1 saturated heterocycles. The molecule has 27 heavy (non-hydrogen) atoms. The van der Waals surface area contributed by atoms with Crippen molar-refractivity contribution in [1.82, 2.24) is 9.80 Å². The molecule has 0 radical (unpaired) electrons. The van der Waals surface area contributed by atoms with Gasteiger partial charge in [-0.3, -0.25) is 9.69 Å². The Kier molecular flexibility index (Phi) is 6.24. The molecule has 0 unspecified atom stereocenters. The van der Waals surface area contributed by atoms with Gasteiger partial charge in [-0.25, -0.2) is 0 Å². The zero-order valence-corrected chi connectivity index (χ0v) is 17.0. The van der Waals surface area contributed by atoms with E-state index in [1.807, 2.05) is 18.2 Å². The first-order valence-electron chi connectivity index (χ1n) is 10.7. The molecular weight excluding hydrogens is 358 g/mol. The van der Waals surface area contributed by atoms with E-state index in [0.717, 1.165) is 68.6 Å². The van der Waals surface area contributed by atoms with Crippen LogP contribution in [0.5, 0.6) is 0 Å². The molecule has 0 spiro atoms. The number of carbonyl (C=O) groups is 1. The van der Waals surface area contributed by atoms with Gasteiger partial charge in [0.15, 0.2) is 0 Å². The van der Waals surface area contributed by atoms with E-state index in [2.05, 4.69) is 21.2 Å². The Balaban J connectivity index is 1.22. The summed E-state index contributed by atoms with van der Waals surface area (Å²) < 4.78 is 0. The summed E-state index contributed by atoms with van der Waals surface area (Å²) >= 11 is 6.07. The third kappa shape index (κ3) is 4.78. The Morgan fingerprint density at radius 3 is 2.33 bits per heavy atom. The highest BCUT2D eigenvalue weighted by Gasteiger charge is 2.32. The van der Waals surface area contributed by atoms with Crippen LogP contribution in [0, 0.1) is 5.92 Å². The highest BCUT2D eigenvalue weighted by atomic mass is 35.5. The molecule has 3 fully saturated rings. The summed E-state index contributed by atoms with van der Waals surface area (Å²) in [5, 5.41) is 4.35. The number of benzene rings is 1. The summed E-state index contributed by atoms with van der Waals surface area (Å²) in [6.45, 7) is 4.00. The van der Waals surface area contributed by atoms with Crippen LogP contribution in [-0.2, 0) is 4.79 Å². The molecule has 1 aromatic carbocycles. The lowest BCUT2D eigenvalue weighted by Crippen LogP contribution is -2.53. The summed E-state index contributed by atoms with van der Waals surface area (Å²) in [5.74, 6) is 0.628. The summed E-state index contributed by atoms with van der Waals surface area (Å²) in [4.78, 5) is 17.7. The molecular formula is C22H32ClN3O. The number of nitrogens with zero attached hydrogens (tertiary/aromatic N) is 2. The van der Waals surface area contributed by atoms with Crippen molar-refractivity contribution in [3.8, 4) is 0 Å². The third-order valence-corrected chi connectivity index (χ3v) is 6.97. The molecule has 1 amide bonds. The molecule has 0 atom stereocenters. The van der Waals surface area contributed by atoms with Gasteiger partial charge in [0.1, 0.15) is 0 Å². The summed E-state index contributed by atoms with van der Waals surface area (Å²) in [7, 11) is 0. The lowest BCUT2D eigenvalue weighted by atomic mass is 9.85. The fourth-order valence-corrected chi connectivity index (χ4v) is 5.32. The number of piperazine rings is 1. The predicted molar refractivity (Wildman–Crippen MR) is 111 cm³/mol. The zero-order chi connectivity index (χ0) is 18.6. The lowest BCUT2D eigenvalue weighted by Gasteiger charge is -2.40. The van der Waals surface area contributed by atoms with Crippen molar-refractivity contribution >= 4 is 23.2 Å². The lowest BCUT2D eigenvalue weighted by molar-refractivity contribution is -0.138. The van der Waals surface area contributed by atoms with Crippen LogP contribution in [0.15, 0.2) is 24.3 Å². The second-order valence-electron chi connectivity index (χ2n) is 8.50. The Morgan fingerprint density at radius 1 is 0.963 bits per heavy atom. The van der Waals surface area contributed by atoms with Gasteiger partial charge in [0, 0.05) is 54.9 Å². The Hall–Kier alpha value is -1.26. The zero-order valence-electron chi connectivity index (χ0n) is 16.2. The van der Waals surface area contributed by atoms with Gasteiger partial charge in [-0.1, -0.05) is 30.5 Å². The van der Waals surface area contributed by atoms with Crippen LogP contribution >= 0.6 is 11.6 Å². The minimum Gasteiger partial charge on any atom is -0.382 e. The summed E-state index contributed by atoms with van der Waals surface area (Å²) in [6, 6.07) is 9.15. The predicted octanol–water partition coefficient (Wildman–Crippen LogP) is 4.40. The van der Waals surface area contributed by atoms with Gasteiger partial charge in [-0.2, -0.15) is 0 Å². The number of anilines is 1. The fraction of sp³-hybridized carbons (Fsp3) is 0.682. The van der Waals surface area contributed by atoms with Crippen molar-refractivity contribution in [1.29, 1.82) is 0 Å². The highest BCUT2D eigenvalue weighted by molar-refractivity contribution is 6.30. The standard InChI is InChI=1S/C22H32ClN3O/c23-18-4-3-5-20(16-18)24-19-10-8-17(9-11-19)22(27)26-14-12-25(13-15-26)21-6-1-2-7-21/h3-5,16-17,19,21,24H,1-2,6-15H2. The molecule has 0 aromatic heterocycles. The Bertz CT molecular complexity index is 630. The molecule has 1 aromatic rings. The van der Waals surface area contributed by atoms with Gasteiger partial charge < -0.3 is 10.2 Å². The van der Waals surface area contributed by atoms with E-state index in [0.29, 0.717) is 11.9 Å². The Morgan fingerprint density at radius 2 is 1.67 bits per heavy atom. The number of nitrogens with one attached hydrogen (secondary N) is 1. The third-order valence-electron chi connectivity index (χ3n) is 6.74. The molecule has 1 heterocycles. The summed E-state index contributed by atoms with van der Waals surface area (Å²) in [5.41, 5.74) is 1.08. The molecule has 1 N–H and O–H groups in total. The molecule has 148 valence electrons. The van der Waals surface area contributed by atoms with Crippen molar-refractivity contribution in [2.45, 2.75) is 63.5 Å². The van der Waals surface area contributed by atoms with Gasteiger partial charge in [-0.05, 0) is 56.7 Å². The average molecular weight is 390 g/mol. The van der Waals surface area contributed by atoms with E-state index in [1.54, 1.807) is 0 Å². The van der Waals surface area contributed by atoms with Crippen molar-refractivity contribution < 1.29 is 4.79 Å². The second kappa shape index (κ2) is 8.83. The van der Waals surface area contributed by atoms with E-state index in [-0.39, 0.29) is 5.92 Å². The largest absolute Gasteiger partial charge is 0.382 e. The molecule has 0 bridgehead atoms. The maximum Gasteiger partial charge on any atom is 0.225 e. The van der Waals surface area contributed by atoms with Crippen LogP contribution < -0.4 is 5.32 Å². The quantitative estimate of drug-likeness (QED) is 0.829. The number of rotatable bonds is 4. The van der Waals surface area contributed by atoms with E-state index < -0.39 is 0 Å². The van der Waals surface area contributed by atoms with E-state index in [4.69, 9.17) is 11.6 Å². The number of hydrogen-bond donors (Lipinski definition) is 1. The van der Waals surface area contributed by atoms with Gasteiger partial charge in [0.25, 0.3) is 0 Å². The monoisotopic (exact) mass is 389 g/mol. The molecule has 2 aliphatic carbocycles. The first-order chi connectivity index (χ1) is 13.2. The van der Waals surface area contributed by atoms with Crippen molar-refractivity contribution in [3.05, 3.63) is 29.3 Å². The van der Waals surface area contributed by atoms with Crippen LogP contribution in [0.4, 0.5) is 5.69 Å². The van der Waals surface area contributed by atoms with Gasteiger partial charge in [-0.15, -0.1) is 0 Å². The maximum atomic E-state index is 13.0. The van der Waals surface area contributed by atoms with Crippen LogP contribution in [0.25, 0.3) is 0 Å². The molecule has 2 saturated carbocycles. The number of halogens is 1. The molecule has 1 aliphatic heterocycles. The van der Waals surface area contributed by atoms with Gasteiger partial charge in [0.05, 0.1) is 0 Å². The molecule has 3 aliphatic rings. The minimum atomic E-state index is 0.223. The SMILES string of the molecule is O=C(C1CCC(Nc2cccc(Cl)c2)CC1)N1CCN(C2CCCC2)CC1. The summed E-state index contributed by atoms with van der Waals surface area (Å²) in [6.07, 6.45) is 9.61. The van der Waals surface area contributed by atoms with E-state index in [1.165, 1.54) is 25.7 Å². The normalized spacial score (nSPS) is 27.7. The highest BCUT2D eigenvalue weighted by Crippen LogP contribution is 2.30. The average Bonchev–Trinajstić information content (AvgIpc) is 3.23. The topological polar surface area (TPSA) is 35.6 Å². The second-order valence-corrected chi connectivity index (χ2v) is 8.94. The Labute approximate surface area is 168 Å². The minimum absolute atomic E-state index is 0.223. The van der Waals surface area contributed by atoms with E-state index in [9.17, 15) is 4.79 Å². The first kappa shape index (κ1) is 19.1. The van der Waals surface area contributed by atoms with Crippen molar-refractivity contribution in [2.75, 3.05) is 31.5 Å². The number of carbonyl (C=O) groups excluding carboxylic acids is 1. The molecule has 5 heteroatoms. The van der Waals surface area contributed by atoms with Crippen LogP contribution in [-0.4, -0.2) is 54.0 Å². The fourth-order valence-electron chi connectivity index (χ4n) is 5.13. The van der Waals surface area contributed by atoms with Gasteiger partial charge in [0.2, 0.25) is 5.91 Å². The molecule has 4 nitrogen and oxygen atoms in total.